The first-order valence-electron chi connectivity index (χ1n) is 11.1. The molecule has 1 aliphatic rings. The zero-order valence-electron chi connectivity index (χ0n) is 18.3. The maximum Gasteiger partial charge on any atom is 0.245 e. The first-order valence-corrected chi connectivity index (χ1v) is 12.5. The standard InChI is InChI=1S/C25H22N6O2S/c32-34(33,22-17-27-24-20(22)10-6-12-26-24)31-15-13-30(14-16-31)25-19-9-4-5-11-21(19)28-23(29-25)18-7-2-1-3-8-18/h1-12,17H,13-16H2,(H,26,27). The number of benzene rings is 2. The third-order valence-electron chi connectivity index (χ3n) is 6.18. The Morgan fingerprint density at radius 3 is 2.35 bits per heavy atom. The summed E-state index contributed by atoms with van der Waals surface area (Å²) >= 11 is 0. The van der Waals surface area contributed by atoms with Crippen LogP contribution >= 0.6 is 0 Å². The van der Waals surface area contributed by atoms with Crippen molar-refractivity contribution in [1.82, 2.24) is 24.2 Å². The van der Waals surface area contributed by atoms with E-state index >= 15 is 0 Å². The third-order valence-corrected chi connectivity index (χ3v) is 8.12. The second kappa shape index (κ2) is 8.19. The highest BCUT2D eigenvalue weighted by Gasteiger charge is 2.31. The number of pyridine rings is 1. The average Bonchev–Trinajstić information content (AvgIpc) is 3.34. The van der Waals surface area contributed by atoms with Crippen molar-refractivity contribution in [1.29, 1.82) is 0 Å². The van der Waals surface area contributed by atoms with Gasteiger partial charge in [-0.1, -0.05) is 42.5 Å². The topological polar surface area (TPSA) is 95.1 Å². The fourth-order valence-electron chi connectivity index (χ4n) is 4.44. The zero-order valence-corrected chi connectivity index (χ0v) is 19.1. The summed E-state index contributed by atoms with van der Waals surface area (Å²) in [6.45, 7) is 1.81. The molecule has 0 unspecified atom stereocenters. The minimum atomic E-state index is -3.64. The number of rotatable bonds is 4. The Hall–Kier alpha value is -3.82. The monoisotopic (exact) mass is 470 g/mol. The van der Waals surface area contributed by atoms with Crippen molar-refractivity contribution in [3.8, 4) is 11.4 Å². The molecule has 3 aromatic heterocycles. The van der Waals surface area contributed by atoms with Gasteiger partial charge in [0, 0.05) is 54.9 Å². The average molecular weight is 471 g/mol. The lowest BCUT2D eigenvalue weighted by atomic mass is 10.1. The van der Waals surface area contributed by atoms with Crippen molar-refractivity contribution in [3.63, 3.8) is 0 Å². The summed E-state index contributed by atoms with van der Waals surface area (Å²) < 4.78 is 28.3. The smallest absolute Gasteiger partial charge is 0.245 e. The van der Waals surface area contributed by atoms with Gasteiger partial charge in [-0.25, -0.2) is 23.4 Å². The van der Waals surface area contributed by atoms with E-state index in [1.807, 2.05) is 54.6 Å². The van der Waals surface area contributed by atoms with E-state index in [9.17, 15) is 8.42 Å². The van der Waals surface area contributed by atoms with Crippen LogP contribution in [0.15, 0.2) is 84.0 Å². The number of aromatic amines is 1. The van der Waals surface area contributed by atoms with Crippen LogP contribution in [0.25, 0.3) is 33.3 Å². The summed E-state index contributed by atoms with van der Waals surface area (Å²) in [5.74, 6) is 1.49. The molecule has 1 aliphatic heterocycles. The van der Waals surface area contributed by atoms with Crippen LogP contribution in [0.4, 0.5) is 5.82 Å². The number of sulfonamides is 1. The first kappa shape index (κ1) is 20.8. The minimum Gasteiger partial charge on any atom is -0.353 e. The SMILES string of the molecule is O=S(=O)(c1c[nH]c2ncccc12)N1CCN(c2nc(-c3ccccc3)nc3ccccc23)CC1. The predicted molar refractivity (Wildman–Crippen MR) is 132 cm³/mol. The first-order chi connectivity index (χ1) is 16.6. The lowest BCUT2D eigenvalue weighted by molar-refractivity contribution is 0.384. The molecule has 0 atom stereocenters. The highest BCUT2D eigenvalue weighted by molar-refractivity contribution is 7.89. The molecule has 5 aromatic rings. The number of hydrogen-bond donors (Lipinski definition) is 1. The number of aromatic nitrogens is 4. The number of H-pyrrole nitrogens is 1. The van der Waals surface area contributed by atoms with Crippen molar-refractivity contribution >= 4 is 37.8 Å². The zero-order chi connectivity index (χ0) is 23.1. The molecule has 9 heteroatoms. The largest absolute Gasteiger partial charge is 0.353 e. The maximum atomic E-state index is 13.4. The number of nitrogens with one attached hydrogen (secondary N) is 1. The Bertz CT molecular complexity index is 1590. The van der Waals surface area contributed by atoms with Gasteiger partial charge >= 0.3 is 0 Å². The van der Waals surface area contributed by atoms with Gasteiger partial charge in [0.2, 0.25) is 10.0 Å². The number of para-hydroxylation sites is 1. The molecule has 0 amide bonds. The van der Waals surface area contributed by atoms with E-state index in [0.717, 1.165) is 22.3 Å². The minimum absolute atomic E-state index is 0.267. The van der Waals surface area contributed by atoms with Gasteiger partial charge in [0.15, 0.2) is 5.82 Å². The lowest BCUT2D eigenvalue weighted by Crippen LogP contribution is -2.49. The van der Waals surface area contributed by atoms with Crippen LogP contribution < -0.4 is 4.90 Å². The van der Waals surface area contributed by atoms with Crippen molar-refractivity contribution in [2.75, 3.05) is 31.1 Å². The molecule has 0 radical (unpaired) electrons. The van der Waals surface area contributed by atoms with Crippen molar-refractivity contribution in [2.24, 2.45) is 0 Å². The molecule has 0 aliphatic carbocycles. The number of hydrogen-bond acceptors (Lipinski definition) is 6. The van der Waals surface area contributed by atoms with E-state index in [4.69, 9.17) is 9.97 Å². The number of anilines is 1. The van der Waals surface area contributed by atoms with Crippen LogP contribution in [0.1, 0.15) is 0 Å². The highest BCUT2D eigenvalue weighted by atomic mass is 32.2. The molecule has 6 rings (SSSR count). The highest BCUT2D eigenvalue weighted by Crippen LogP contribution is 2.30. The van der Waals surface area contributed by atoms with E-state index < -0.39 is 10.0 Å². The summed E-state index contributed by atoms with van der Waals surface area (Å²) in [4.78, 5) is 19.3. The second-order valence-corrected chi connectivity index (χ2v) is 10.1. The Morgan fingerprint density at radius 1 is 0.794 bits per heavy atom. The van der Waals surface area contributed by atoms with E-state index in [1.54, 1.807) is 22.6 Å². The normalized spacial score (nSPS) is 15.2. The quantitative estimate of drug-likeness (QED) is 0.431. The number of piperazine rings is 1. The van der Waals surface area contributed by atoms with Gasteiger partial charge in [0.25, 0.3) is 0 Å². The number of fused-ring (bicyclic) bond motifs is 2. The Balaban J connectivity index is 1.31. The summed E-state index contributed by atoms with van der Waals surface area (Å²) in [7, 11) is -3.64. The molecular formula is C25H22N6O2S. The van der Waals surface area contributed by atoms with Crippen molar-refractivity contribution < 1.29 is 8.42 Å². The Labute approximate surface area is 197 Å². The van der Waals surface area contributed by atoms with E-state index in [0.29, 0.717) is 43.0 Å². The third kappa shape index (κ3) is 3.49. The fraction of sp³-hybridized carbons (Fsp3) is 0.160. The summed E-state index contributed by atoms with van der Waals surface area (Å²) in [5.41, 5.74) is 2.39. The molecule has 0 saturated carbocycles. The van der Waals surface area contributed by atoms with Crippen LogP contribution in [-0.2, 0) is 10.0 Å². The molecule has 0 spiro atoms. The molecule has 1 saturated heterocycles. The summed E-state index contributed by atoms with van der Waals surface area (Å²) in [6, 6.07) is 21.4. The number of nitrogens with zero attached hydrogens (tertiary/aromatic N) is 5. The van der Waals surface area contributed by atoms with Gasteiger partial charge < -0.3 is 9.88 Å². The predicted octanol–water partition coefficient (Wildman–Crippen LogP) is 3.68. The molecule has 1 fully saturated rings. The van der Waals surface area contributed by atoms with Crippen molar-refractivity contribution in [3.05, 3.63) is 79.1 Å². The van der Waals surface area contributed by atoms with Crippen LogP contribution in [-0.4, -0.2) is 58.8 Å². The second-order valence-electron chi connectivity index (χ2n) is 8.20. The summed E-state index contributed by atoms with van der Waals surface area (Å²) in [5, 5.41) is 1.57. The molecular weight excluding hydrogens is 448 g/mol. The Morgan fingerprint density at radius 2 is 1.53 bits per heavy atom. The lowest BCUT2D eigenvalue weighted by Gasteiger charge is -2.35. The van der Waals surface area contributed by atoms with Gasteiger partial charge in [-0.2, -0.15) is 4.31 Å². The molecule has 34 heavy (non-hydrogen) atoms. The molecule has 8 nitrogen and oxygen atoms in total. The molecule has 2 aromatic carbocycles. The van der Waals surface area contributed by atoms with Crippen LogP contribution in [0, 0.1) is 0 Å². The van der Waals surface area contributed by atoms with Crippen molar-refractivity contribution in [2.45, 2.75) is 4.90 Å². The fourth-order valence-corrected chi connectivity index (χ4v) is 6.01. The van der Waals surface area contributed by atoms with Gasteiger partial charge in [-0.05, 0) is 24.3 Å². The molecule has 0 bridgehead atoms. The van der Waals surface area contributed by atoms with Crippen LogP contribution in [0.5, 0.6) is 0 Å². The van der Waals surface area contributed by atoms with Crippen LogP contribution in [0.3, 0.4) is 0 Å². The summed E-state index contributed by atoms with van der Waals surface area (Å²) in [6.07, 6.45) is 3.17. The van der Waals surface area contributed by atoms with E-state index in [2.05, 4.69) is 14.9 Å². The molecule has 4 heterocycles. The molecule has 1 N–H and O–H groups in total. The Kier molecular flexibility index (Phi) is 5.00. The van der Waals surface area contributed by atoms with E-state index in [1.165, 1.54) is 6.20 Å². The molecule has 170 valence electrons. The van der Waals surface area contributed by atoms with Gasteiger partial charge in [0.1, 0.15) is 16.4 Å². The van der Waals surface area contributed by atoms with E-state index in [-0.39, 0.29) is 4.90 Å². The maximum absolute atomic E-state index is 13.4. The van der Waals surface area contributed by atoms with Gasteiger partial charge in [0.05, 0.1) is 5.52 Å². The van der Waals surface area contributed by atoms with Gasteiger partial charge in [-0.15, -0.1) is 0 Å². The van der Waals surface area contributed by atoms with Gasteiger partial charge in [-0.3, -0.25) is 0 Å². The van der Waals surface area contributed by atoms with Crippen LogP contribution in [0.2, 0.25) is 0 Å².